The molecule has 0 spiro atoms. The number of Topliss-reactive ketones (excluding diaryl/α,β-unsaturated/α-hetero) is 1. The van der Waals surface area contributed by atoms with Crippen LogP contribution in [0.4, 0.5) is 5.82 Å². The maximum atomic E-state index is 13.0. The summed E-state index contributed by atoms with van der Waals surface area (Å²) in [5, 5.41) is 9.14. The number of nitrogens with zero attached hydrogens (tertiary/aromatic N) is 3. The van der Waals surface area contributed by atoms with Crippen LogP contribution >= 0.6 is 0 Å². The molecule has 1 aromatic heterocycles. The van der Waals surface area contributed by atoms with Crippen molar-refractivity contribution in [2.45, 2.75) is 65.0 Å². The van der Waals surface area contributed by atoms with E-state index in [0.717, 1.165) is 24.6 Å². The quantitative estimate of drug-likeness (QED) is 0.471. The van der Waals surface area contributed by atoms with Gasteiger partial charge in [0.15, 0.2) is 5.82 Å². The minimum atomic E-state index is -1.18. The van der Waals surface area contributed by atoms with Crippen molar-refractivity contribution in [3.63, 3.8) is 0 Å². The van der Waals surface area contributed by atoms with Crippen molar-refractivity contribution in [2.24, 2.45) is 5.92 Å². The lowest BCUT2D eigenvalue weighted by Crippen LogP contribution is -2.41. The Morgan fingerprint density at radius 2 is 2.00 bits per heavy atom. The lowest BCUT2D eigenvalue weighted by molar-refractivity contribution is -0.121. The standard InChI is InChI=1S/C20H35N3O4Si/c1-16(25)17-7-9-22(10-8-17)19-20(26)23(14-18(21-19)6-5-11-24)15-27-12-13-28(2,3)4/h14,17,24H,5-13,15H2,1-4H3. The second-order valence-corrected chi connectivity index (χ2v) is 14.5. The molecule has 1 aliphatic heterocycles. The van der Waals surface area contributed by atoms with Gasteiger partial charge in [0.25, 0.3) is 5.56 Å². The molecule has 2 heterocycles. The fourth-order valence-electron chi connectivity index (χ4n) is 3.30. The molecule has 1 saturated heterocycles. The van der Waals surface area contributed by atoms with Crippen LogP contribution < -0.4 is 10.5 Å². The summed E-state index contributed by atoms with van der Waals surface area (Å²) >= 11 is 0. The number of carbonyl (C=O) groups is 1. The molecule has 0 saturated carbocycles. The average Bonchev–Trinajstić information content (AvgIpc) is 2.64. The highest BCUT2D eigenvalue weighted by Gasteiger charge is 2.25. The summed E-state index contributed by atoms with van der Waals surface area (Å²) in [4.78, 5) is 31.2. The number of aliphatic hydroxyl groups is 1. The number of ether oxygens (including phenoxy) is 1. The van der Waals surface area contributed by atoms with E-state index in [-0.39, 0.29) is 30.6 Å². The number of aryl methyl sites for hydroxylation is 1. The molecular formula is C20H35N3O4Si. The fourth-order valence-corrected chi connectivity index (χ4v) is 4.06. The summed E-state index contributed by atoms with van der Waals surface area (Å²) in [7, 11) is -1.18. The molecule has 0 amide bonds. The Bertz CT molecular complexity index is 706. The Kier molecular flexibility index (Phi) is 8.39. The molecule has 0 bridgehead atoms. The average molecular weight is 410 g/mol. The summed E-state index contributed by atoms with van der Waals surface area (Å²) < 4.78 is 7.38. The van der Waals surface area contributed by atoms with Crippen LogP contribution in [0.1, 0.15) is 31.9 Å². The van der Waals surface area contributed by atoms with Crippen LogP contribution in [0.15, 0.2) is 11.0 Å². The van der Waals surface area contributed by atoms with Crippen molar-refractivity contribution in [1.29, 1.82) is 0 Å². The van der Waals surface area contributed by atoms with E-state index in [1.807, 2.05) is 4.90 Å². The van der Waals surface area contributed by atoms with Crippen molar-refractivity contribution in [3.05, 3.63) is 22.2 Å². The minimum Gasteiger partial charge on any atom is -0.396 e. The molecular weight excluding hydrogens is 374 g/mol. The molecule has 0 aliphatic carbocycles. The van der Waals surface area contributed by atoms with Gasteiger partial charge in [-0.1, -0.05) is 19.6 Å². The second-order valence-electron chi connectivity index (χ2n) is 8.88. The maximum Gasteiger partial charge on any atom is 0.295 e. The summed E-state index contributed by atoms with van der Waals surface area (Å²) in [6.07, 6.45) is 4.47. The number of carbonyl (C=O) groups excluding carboxylic acids is 1. The van der Waals surface area contributed by atoms with E-state index in [2.05, 4.69) is 24.6 Å². The predicted molar refractivity (Wildman–Crippen MR) is 114 cm³/mol. The number of aliphatic hydroxyl groups excluding tert-OH is 1. The van der Waals surface area contributed by atoms with Gasteiger partial charge in [0.1, 0.15) is 12.5 Å². The van der Waals surface area contributed by atoms with Crippen LogP contribution in [0.25, 0.3) is 0 Å². The number of rotatable bonds is 10. The molecule has 8 heteroatoms. The number of piperidine rings is 1. The molecule has 28 heavy (non-hydrogen) atoms. The summed E-state index contributed by atoms with van der Waals surface area (Å²) in [5.74, 6) is 0.740. The molecule has 0 unspecified atom stereocenters. The summed E-state index contributed by atoms with van der Waals surface area (Å²) in [5.41, 5.74) is 0.633. The smallest absolute Gasteiger partial charge is 0.295 e. The van der Waals surface area contributed by atoms with Crippen LogP contribution in [0.5, 0.6) is 0 Å². The van der Waals surface area contributed by atoms with E-state index in [4.69, 9.17) is 9.84 Å². The highest BCUT2D eigenvalue weighted by molar-refractivity contribution is 6.76. The van der Waals surface area contributed by atoms with Gasteiger partial charge in [0, 0.05) is 46.5 Å². The predicted octanol–water partition coefficient (Wildman–Crippen LogP) is 2.29. The van der Waals surface area contributed by atoms with Crippen molar-refractivity contribution < 1.29 is 14.6 Å². The molecule has 1 fully saturated rings. The summed E-state index contributed by atoms with van der Waals surface area (Å²) in [6.45, 7) is 10.8. The van der Waals surface area contributed by atoms with Gasteiger partial charge in [-0.15, -0.1) is 0 Å². The van der Waals surface area contributed by atoms with Crippen molar-refractivity contribution in [1.82, 2.24) is 9.55 Å². The van der Waals surface area contributed by atoms with E-state index >= 15 is 0 Å². The largest absolute Gasteiger partial charge is 0.396 e. The Hall–Kier alpha value is -1.51. The molecule has 7 nitrogen and oxygen atoms in total. The van der Waals surface area contributed by atoms with E-state index in [0.29, 0.717) is 38.4 Å². The van der Waals surface area contributed by atoms with Gasteiger partial charge in [-0.25, -0.2) is 4.98 Å². The molecule has 1 aliphatic rings. The third kappa shape index (κ3) is 6.83. The third-order valence-corrected chi connectivity index (χ3v) is 6.90. The first-order valence-electron chi connectivity index (χ1n) is 10.3. The lowest BCUT2D eigenvalue weighted by Gasteiger charge is -2.31. The Morgan fingerprint density at radius 3 is 2.57 bits per heavy atom. The lowest BCUT2D eigenvalue weighted by atomic mass is 9.93. The topological polar surface area (TPSA) is 84.7 Å². The van der Waals surface area contributed by atoms with Crippen LogP contribution in [-0.2, 0) is 22.7 Å². The molecule has 0 radical (unpaired) electrons. The maximum absolute atomic E-state index is 13.0. The third-order valence-electron chi connectivity index (χ3n) is 5.19. The zero-order valence-corrected chi connectivity index (χ0v) is 18.7. The van der Waals surface area contributed by atoms with Crippen molar-refractivity contribution in [3.8, 4) is 0 Å². The number of aromatic nitrogens is 2. The van der Waals surface area contributed by atoms with E-state index in [1.54, 1.807) is 17.7 Å². The first kappa shape index (κ1) is 22.8. The van der Waals surface area contributed by atoms with Gasteiger partial charge >= 0.3 is 0 Å². The zero-order chi connectivity index (χ0) is 20.7. The molecule has 2 rings (SSSR count). The van der Waals surface area contributed by atoms with Crippen LogP contribution in [-0.4, -0.2) is 54.8 Å². The number of ketones is 1. The van der Waals surface area contributed by atoms with Crippen LogP contribution in [0.3, 0.4) is 0 Å². The monoisotopic (exact) mass is 409 g/mol. The van der Waals surface area contributed by atoms with E-state index < -0.39 is 8.07 Å². The van der Waals surface area contributed by atoms with Crippen molar-refractivity contribution in [2.75, 3.05) is 31.2 Å². The molecule has 1 N–H and O–H groups in total. The van der Waals surface area contributed by atoms with Gasteiger partial charge in [0.2, 0.25) is 0 Å². The molecule has 1 aromatic rings. The fraction of sp³-hybridized carbons (Fsp3) is 0.750. The molecule has 0 aromatic carbocycles. The first-order valence-corrected chi connectivity index (χ1v) is 14.0. The van der Waals surface area contributed by atoms with E-state index in [1.165, 1.54) is 0 Å². The molecule has 158 valence electrons. The van der Waals surface area contributed by atoms with Gasteiger partial charge in [0.05, 0.1) is 5.69 Å². The van der Waals surface area contributed by atoms with Crippen LogP contribution in [0, 0.1) is 5.92 Å². The zero-order valence-electron chi connectivity index (χ0n) is 17.7. The SMILES string of the molecule is CC(=O)C1CCN(c2nc(CCCO)cn(COCC[Si](C)(C)C)c2=O)CC1. The normalized spacial score (nSPS) is 15.8. The highest BCUT2D eigenvalue weighted by atomic mass is 28.3. The molecule has 0 atom stereocenters. The summed E-state index contributed by atoms with van der Waals surface area (Å²) in [6, 6.07) is 1.05. The first-order chi connectivity index (χ1) is 13.2. The van der Waals surface area contributed by atoms with Gasteiger partial charge in [-0.2, -0.15) is 0 Å². The Morgan fingerprint density at radius 1 is 1.32 bits per heavy atom. The second kappa shape index (κ2) is 10.3. The van der Waals surface area contributed by atoms with Crippen molar-refractivity contribution >= 4 is 19.7 Å². The number of hydrogen-bond donors (Lipinski definition) is 1. The minimum absolute atomic E-state index is 0.0842. The Labute approximate surface area is 168 Å². The Balaban J connectivity index is 2.14. The number of hydrogen-bond acceptors (Lipinski definition) is 6. The van der Waals surface area contributed by atoms with Gasteiger partial charge < -0.3 is 14.7 Å². The highest BCUT2D eigenvalue weighted by Crippen LogP contribution is 2.21. The van der Waals surface area contributed by atoms with Crippen LogP contribution in [0.2, 0.25) is 25.7 Å². The van der Waals surface area contributed by atoms with E-state index in [9.17, 15) is 9.59 Å². The number of anilines is 1. The van der Waals surface area contributed by atoms with Gasteiger partial charge in [-0.05, 0) is 38.7 Å². The van der Waals surface area contributed by atoms with Gasteiger partial charge in [-0.3, -0.25) is 14.2 Å².